The summed E-state index contributed by atoms with van der Waals surface area (Å²) in [5.74, 6) is 0.550. The summed E-state index contributed by atoms with van der Waals surface area (Å²) < 4.78 is 24.0. The minimum Gasteiger partial charge on any atom is -0.488 e. The topological polar surface area (TPSA) is 71.1 Å². The highest BCUT2D eigenvalue weighted by Gasteiger charge is 2.18. The molecule has 0 aromatic heterocycles. The fraction of sp³-hybridized carbons (Fsp3) is 0.136. The van der Waals surface area contributed by atoms with Crippen LogP contribution in [0.4, 0.5) is 0 Å². The summed E-state index contributed by atoms with van der Waals surface area (Å²) in [4.78, 5) is 25.9. The van der Waals surface area contributed by atoms with Gasteiger partial charge in [-0.3, -0.25) is 9.59 Å². The lowest BCUT2D eigenvalue weighted by molar-refractivity contribution is -0.145. The zero-order chi connectivity index (χ0) is 34.4. The van der Waals surface area contributed by atoms with Crippen molar-refractivity contribution in [3.05, 3.63) is 191 Å². The summed E-state index contributed by atoms with van der Waals surface area (Å²) in [6, 6.07) is 50.4. The molecule has 0 saturated carbocycles. The van der Waals surface area contributed by atoms with Crippen LogP contribution in [0.2, 0.25) is 0 Å². The number of benzene rings is 6. The first-order valence-corrected chi connectivity index (χ1v) is 16.6. The molecule has 0 aliphatic rings. The summed E-state index contributed by atoms with van der Waals surface area (Å²) in [5.41, 5.74) is 6.85. The van der Waals surface area contributed by atoms with Gasteiger partial charge in [-0.25, -0.2) is 0 Å². The molecule has 250 valence electrons. The average Bonchev–Trinajstić information content (AvgIpc) is 3.17. The molecule has 0 amide bonds. The molecule has 6 nitrogen and oxygen atoms in total. The first-order valence-electron chi connectivity index (χ1n) is 16.6. The van der Waals surface area contributed by atoms with Crippen LogP contribution < -0.4 is 9.47 Å². The quantitative estimate of drug-likeness (QED) is 0.102. The van der Waals surface area contributed by atoms with E-state index >= 15 is 0 Å². The molecular weight excluding hydrogens is 624 g/mol. The molecular formula is C44H38O6. The van der Waals surface area contributed by atoms with Gasteiger partial charge in [-0.15, -0.1) is 0 Å². The maximum atomic E-state index is 13.0. The summed E-state index contributed by atoms with van der Waals surface area (Å²) in [6.45, 7) is 1.09. The van der Waals surface area contributed by atoms with Crippen LogP contribution in [0.1, 0.15) is 33.4 Å². The normalized spacial score (nSPS) is 10.6. The molecule has 0 aliphatic heterocycles. The Labute approximate surface area is 292 Å². The molecule has 6 rings (SSSR count). The lowest BCUT2D eigenvalue weighted by atomic mass is 9.97. The smallest absolute Gasteiger partial charge is 0.310 e. The van der Waals surface area contributed by atoms with Crippen LogP contribution in [0.5, 0.6) is 11.5 Å². The molecule has 0 unspecified atom stereocenters. The lowest BCUT2D eigenvalue weighted by Gasteiger charge is -2.18. The maximum Gasteiger partial charge on any atom is 0.310 e. The molecule has 6 aromatic carbocycles. The van der Waals surface area contributed by atoms with Crippen molar-refractivity contribution in [2.45, 2.75) is 39.3 Å². The van der Waals surface area contributed by atoms with Crippen LogP contribution in [0.3, 0.4) is 0 Å². The number of hydrogen-bond acceptors (Lipinski definition) is 6. The number of carbonyl (C=O) groups is 2. The van der Waals surface area contributed by atoms with Crippen LogP contribution >= 0.6 is 0 Å². The van der Waals surface area contributed by atoms with E-state index in [-0.39, 0.29) is 38.0 Å². The van der Waals surface area contributed by atoms with E-state index in [0.717, 1.165) is 44.5 Å². The van der Waals surface area contributed by atoms with Gasteiger partial charge in [0.25, 0.3) is 0 Å². The predicted molar refractivity (Wildman–Crippen MR) is 193 cm³/mol. The molecule has 0 aliphatic carbocycles. The van der Waals surface area contributed by atoms with Crippen molar-refractivity contribution < 1.29 is 28.5 Å². The number of carbonyl (C=O) groups excluding carboxylic acids is 2. The second kappa shape index (κ2) is 17.3. The SMILES string of the molecule is O=C(Cc1ccc(OCc2ccccc2)c(-c2cc(CC(=O)OCc3ccccc3)ccc2OCc2ccccc2)c1)OCc1ccccc1. The Morgan fingerprint density at radius 2 is 0.680 bits per heavy atom. The Kier molecular flexibility index (Phi) is 11.7. The van der Waals surface area contributed by atoms with Crippen molar-refractivity contribution in [1.82, 2.24) is 0 Å². The minimum absolute atomic E-state index is 0.0739. The summed E-state index contributed by atoms with van der Waals surface area (Å²) in [7, 11) is 0. The zero-order valence-electron chi connectivity index (χ0n) is 27.7. The third-order valence-corrected chi connectivity index (χ3v) is 8.03. The number of ether oxygens (including phenoxy) is 4. The second-order valence-electron chi connectivity index (χ2n) is 11.9. The second-order valence-corrected chi connectivity index (χ2v) is 11.9. The van der Waals surface area contributed by atoms with Crippen molar-refractivity contribution >= 4 is 11.9 Å². The van der Waals surface area contributed by atoms with Crippen LogP contribution in [-0.2, 0) is 58.3 Å². The van der Waals surface area contributed by atoms with Gasteiger partial charge in [0.1, 0.15) is 37.9 Å². The molecule has 0 fully saturated rings. The van der Waals surface area contributed by atoms with Crippen molar-refractivity contribution in [3.63, 3.8) is 0 Å². The first kappa shape index (κ1) is 33.7. The Balaban J connectivity index is 1.30. The van der Waals surface area contributed by atoms with Crippen molar-refractivity contribution in [2.75, 3.05) is 0 Å². The van der Waals surface area contributed by atoms with Gasteiger partial charge >= 0.3 is 11.9 Å². The maximum absolute atomic E-state index is 13.0. The van der Waals surface area contributed by atoms with Gasteiger partial charge in [-0.1, -0.05) is 133 Å². The number of hydrogen-bond donors (Lipinski definition) is 0. The molecule has 0 spiro atoms. The number of esters is 2. The van der Waals surface area contributed by atoms with Gasteiger partial charge in [-0.05, 0) is 57.6 Å². The van der Waals surface area contributed by atoms with Gasteiger partial charge in [0.15, 0.2) is 0 Å². The van der Waals surface area contributed by atoms with Crippen LogP contribution in [0.15, 0.2) is 158 Å². The third kappa shape index (κ3) is 9.94. The highest BCUT2D eigenvalue weighted by atomic mass is 16.5. The molecule has 0 atom stereocenters. The van der Waals surface area contributed by atoms with Crippen molar-refractivity contribution in [3.8, 4) is 22.6 Å². The summed E-state index contributed by atoms with van der Waals surface area (Å²) >= 11 is 0. The molecule has 6 heteroatoms. The van der Waals surface area contributed by atoms with Crippen molar-refractivity contribution in [1.29, 1.82) is 0 Å². The fourth-order valence-corrected chi connectivity index (χ4v) is 5.43. The Morgan fingerprint density at radius 3 is 1.02 bits per heavy atom. The van der Waals surface area contributed by atoms with Crippen LogP contribution in [-0.4, -0.2) is 11.9 Å². The summed E-state index contributed by atoms with van der Waals surface area (Å²) in [5, 5.41) is 0. The van der Waals surface area contributed by atoms with E-state index in [2.05, 4.69) is 0 Å². The van der Waals surface area contributed by atoms with Crippen molar-refractivity contribution in [2.24, 2.45) is 0 Å². The molecule has 0 saturated heterocycles. The Morgan fingerprint density at radius 1 is 0.360 bits per heavy atom. The molecule has 0 N–H and O–H groups in total. The Hall–Kier alpha value is -6.14. The lowest BCUT2D eigenvalue weighted by Crippen LogP contribution is -2.09. The van der Waals surface area contributed by atoms with Gasteiger partial charge in [0.2, 0.25) is 0 Å². The first-order chi connectivity index (χ1) is 24.6. The third-order valence-electron chi connectivity index (χ3n) is 8.03. The molecule has 6 aromatic rings. The zero-order valence-corrected chi connectivity index (χ0v) is 27.7. The fourth-order valence-electron chi connectivity index (χ4n) is 5.43. The van der Waals surface area contributed by atoms with Gasteiger partial charge in [-0.2, -0.15) is 0 Å². The van der Waals surface area contributed by atoms with E-state index in [1.54, 1.807) is 0 Å². The minimum atomic E-state index is -0.340. The molecule has 50 heavy (non-hydrogen) atoms. The van der Waals surface area contributed by atoms with Crippen LogP contribution in [0, 0.1) is 0 Å². The van der Waals surface area contributed by atoms with E-state index in [9.17, 15) is 9.59 Å². The van der Waals surface area contributed by atoms with Crippen LogP contribution in [0.25, 0.3) is 11.1 Å². The van der Waals surface area contributed by atoms with Gasteiger partial charge in [0, 0.05) is 11.1 Å². The standard InChI is InChI=1S/C44H38O6/c45-43(49-31-35-17-9-3-10-18-35)27-37-21-23-41(47-29-33-13-5-1-6-14-33)39(25-37)40-26-38(28-44(46)50-32-36-19-11-4-12-20-36)22-24-42(40)48-30-34-15-7-2-8-16-34/h1-26H,27-32H2. The predicted octanol–water partition coefficient (Wildman–Crippen LogP) is 9.08. The van der Waals surface area contributed by atoms with Gasteiger partial charge in [0.05, 0.1) is 12.8 Å². The van der Waals surface area contributed by atoms with E-state index in [1.807, 2.05) is 158 Å². The highest BCUT2D eigenvalue weighted by molar-refractivity contribution is 5.81. The van der Waals surface area contributed by atoms with Gasteiger partial charge < -0.3 is 18.9 Å². The summed E-state index contributed by atoms with van der Waals surface area (Å²) in [6.07, 6.45) is 0.148. The van der Waals surface area contributed by atoms with E-state index < -0.39 is 0 Å². The van der Waals surface area contributed by atoms with E-state index in [4.69, 9.17) is 18.9 Å². The monoisotopic (exact) mass is 662 g/mol. The molecule has 0 heterocycles. The van der Waals surface area contributed by atoms with E-state index in [1.165, 1.54) is 0 Å². The average molecular weight is 663 g/mol. The highest BCUT2D eigenvalue weighted by Crippen LogP contribution is 2.39. The molecule has 0 bridgehead atoms. The largest absolute Gasteiger partial charge is 0.488 e. The Bertz CT molecular complexity index is 1830. The van der Waals surface area contributed by atoms with E-state index in [0.29, 0.717) is 24.7 Å². The molecule has 0 radical (unpaired) electrons. The number of rotatable bonds is 15.